The molecule has 0 aromatic heterocycles. The lowest BCUT2D eigenvalue weighted by molar-refractivity contribution is -0.139. The van der Waals surface area contributed by atoms with Gasteiger partial charge in [-0.2, -0.15) is 13.9 Å². The van der Waals surface area contributed by atoms with Crippen LogP contribution in [-0.2, 0) is 24.3 Å². The molecule has 5 N–H and O–H groups in total. The first-order valence-electron chi connectivity index (χ1n) is 7.13. The van der Waals surface area contributed by atoms with Gasteiger partial charge in [-0.15, -0.1) is 4.28 Å². The Hall–Kier alpha value is -1.47. The minimum absolute atomic E-state index is 0.0989. The van der Waals surface area contributed by atoms with Crippen LogP contribution >= 0.6 is 0 Å². The summed E-state index contributed by atoms with van der Waals surface area (Å²) < 4.78 is 33.2. The molecule has 3 atom stereocenters. The van der Waals surface area contributed by atoms with E-state index in [0.717, 1.165) is 4.90 Å². The number of nitrogens with two attached hydrogens (primary N) is 1. The fourth-order valence-corrected chi connectivity index (χ4v) is 2.06. The van der Waals surface area contributed by atoms with Crippen molar-refractivity contribution in [1.82, 2.24) is 15.9 Å². The minimum atomic E-state index is -4.84. The summed E-state index contributed by atoms with van der Waals surface area (Å²) in [4.78, 5) is 30.2. The molecule has 0 heterocycles. The fraction of sp³-hybridized carbons (Fsp3) is 0.818. The number of rotatable bonds is 9. The monoisotopic (exact) mass is 354 g/mol. The maximum atomic E-state index is 12.2. The lowest BCUT2D eigenvalue weighted by atomic mass is 10.1. The molecular weight excluding hydrogens is 332 g/mol. The number of hydroxylamine groups is 2. The first-order valence-corrected chi connectivity index (χ1v) is 8.49. The van der Waals surface area contributed by atoms with Crippen LogP contribution in [0.25, 0.3) is 0 Å². The highest BCUT2D eigenvalue weighted by atomic mass is 32.3. The third kappa shape index (κ3) is 6.66. The number of hydrogen-bond donors (Lipinski definition) is 4. The summed E-state index contributed by atoms with van der Waals surface area (Å²) in [5.74, 6) is -0.560. The van der Waals surface area contributed by atoms with Crippen LogP contribution in [0, 0.1) is 0 Å². The van der Waals surface area contributed by atoms with Crippen LogP contribution in [0.3, 0.4) is 0 Å². The van der Waals surface area contributed by atoms with E-state index in [-0.39, 0.29) is 18.7 Å². The van der Waals surface area contributed by atoms with Crippen molar-refractivity contribution in [2.24, 2.45) is 5.73 Å². The van der Waals surface area contributed by atoms with Crippen LogP contribution in [-0.4, -0.2) is 54.5 Å². The molecule has 3 amide bonds. The molecule has 1 saturated carbocycles. The van der Waals surface area contributed by atoms with E-state index in [4.69, 9.17) is 15.1 Å². The molecule has 0 aliphatic heterocycles. The van der Waals surface area contributed by atoms with Crippen molar-refractivity contribution in [3.05, 3.63) is 0 Å². The number of nitrogens with one attached hydrogen (secondary N) is 2. The van der Waals surface area contributed by atoms with Crippen LogP contribution in [0.2, 0.25) is 0 Å². The standard InChI is InChI=1S/C11H22N4O7S/c1-3-5-8(10(16)13-21-9-6-7(9)12)15(4-2)11(17)14-22-23(18,19)20/h7-9H,3-6,12H2,1-2H3,(H,13,16)(H,14,17)(H,18,19,20)/t7?,8-,9?/m0/s1. The Morgan fingerprint density at radius 3 is 2.43 bits per heavy atom. The van der Waals surface area contributed by atoms with E-state index in [1.165, 1.54) is 0 Å². The van der Waals surface area contributed by atoms with Crippen LogP contribution in [0.5, 0.6) is 0 Å². The van der Waals surface area contributed by atoms with Crippen molar-refractivity contribution in [2.75, 3.05) is 6.54 Å². The fourth-order valence-electron chi connectivity index (χ4n) is 1.88. The number of likely N-dealkylation sites (N-methyl/N-ethyl adjacent to an activating group) is 1. The Morgan fingerprint density at radius 2 is 2.00 bits per heavy atom. The maximum Gasteiger partial charge on any atom is 0.418 e. The normalized spacial score (nSPS) is 21.4. The lowest BCUT2D eigenvalue weighted by Crippen LogP contribution is -2.53. The largest absolute Gasteiger partial charge is 0.418 e. The van der Waals surface area contributed by atoms with Gasteiger partial charge in [0, 0.05) is 12.6 Å². The third-order valence-electron chi connectivity index (χ3n) is 3.17. The predicted molar refractivity (Wildman–Crippen MR) is 77.8 cm³/mol. The van der Waals surface area contributed by atoms with Gasteiger partial charge in [0.05, 0.1) is 0 Å². The molecule has 0 spiro atoms. The Bertz CT molecular complexity index is 526. The van der Waals surface area contributed by atoms with Crippen molar-refractivity contribution < 1.29 is 31.7 Å². The number of carbonyl (C=O) groups excluding carboxylic acids is 2. The number of amides is 3. The zero-order chi connectivity index (χ0) is 17.6. The average molecular weight is 354 g/mol. The highest BCUT2D eigenvalue weighted by Gasteiger charge is 2.37. The maximum absolute atomic E-state index is 12.2. The summed E-state index contributed by atoms with van der Waals surface area (Å²) in [5.41, 5.74) is 9.37. The van der Waals surface area contributed by atoms with Crippen LogP contribution in [0.15, 0.2) is 0 Å². The molecule has 11 nitrogen and oxygen atoms in total. The van der Waals surface area contributed by atoms with E-state index < -0.39 is 28.4 Å². The van der Waals surface area contributed by atoms with E-state index >= 15 is 0 Å². The smallest absolute Gasteiger partial charge is 0.325 e. The molecule has 0 bridgehead atoms. The molecule has 1 aliphatic rings. The van der Waals surface area contributed by atoms with Gasteiger partial charge in [0.1, 0.15) is 12.1 Å². The van der Waals surface area contributed by atoms with Crippen molar-refractivity contribution in [3.8, 4) is 0 Å². The molecule has 2 unspecified atom stereocenters. The van der Waals surface area contributed by atoms with Gasteiger partial charge in [0.25, 0.3) is 5.91 Å². The van der Waals surface area contributed by atoms with Crippen LogP contribution < -0.4 is 16.7 Å². The van der Waals surface area contributed by atoms with Crippen molar-refractivity contribution in [2.45, 2.75) is 51.3 Å². The quantitative estimate of drug-likeness (QED) is 0.305. The van der Waals surface area contributed by atoms with Crippen LogP contribution in [0.4, 0.5) is 4.79 Å². The van der Waals surface area contributed by atoms with E-state index in [9.17, 15) is 18.0 Å². The summed E-state index contributed by atoms with van der Waals surface area (Å²) in [6.07, 6.45) is 1.30. The summed E-state index contributed by atoms with van der Waals surface area (Å²) >= 11 is 0. The number of carbonyl (C=O) groups is 2. The molecule has 1 fully saturated rings. The topological polar surface area (TPSA) is 160 Å². The Balaban J connectivity index is 2.65. The lowest BCUT2D eigenvalue weighted by Gasteiger charge is -2.29. The number of hydrogen-bond acceptors (Lipinski definition) is 7. The average Bonchev–Trinajstić information content (AvgIpc) is 3.17. The molecule has 1 aliphatic carbocycles. The van der Waals surface area contributed by atoms with Gasteiger partial charge in [-0.05, 0) is 19.8 Å². The first kappa shape index (κ1) is 19.6. The molecular formula is C11H22N4O7S. The summed E-state index contributed by atoms with van der Waals surface area (Å²) in [7, 11) is -4.84. The van der Waals surface area contributed by atoms with Gasteiger partial charge in [-0.1, -0.05) is 13.3 Å². The third-order valence-corrected chi connectivity index (χ3v) is 3.46. The summed E-state index contributed by atoms with van der Waals surface area (Å²) in [6.45, 7) is 3.51. The van der Waals surface area contributed by atoms with Crippen molar-refractivity contribution in [3.63, 3.8) is 0 Å². The Morgan fingerprint density at radius 1 is 1.39 bits per heavy atom. The number of urea groups is 1. The Labute approximate surface area is 134 Å². The molecule has 12 heteroatoms. The molecule has 0 aromatic carbocycles. The summed E-state index contributed by atoms with van der Waals surface area (Å²) in [6, 6.07) is -2.00. The molecule has 1 rings (SSSR count). The molecule has 0 aromatic rings. The molecule has 134 valence electrons. The Kier molecular flexibility index (Phi) is 7.15. The molecule has 23 heavy (non-hydrogen) atoms. The van der Waals surface area contributed by atoms with E-state index in [0.29, 0.717) is 19.3 Å². The second-order valence-electron chi connectivity index (χ2n) is 5.03. The van der Waals surface area contributed by atoms with Crippen molar-refractivity contribution in [1.29, 1.82) is 0 Å². The first-order chi connectivity index (χ1) is 10.7. The van der Waals surface area contributed by atoms with E-state index in [1.807, 2.05) is 6.92 Å². The highest BCUT2D eigenvalue weighted by molar-refractivity contribution is 7.80. The zero-order valence-electron chi connectivity index (χ0n) is 12.9. The second kappa shape index (κ2) is 8.40. The van der Waals surface area contributed by atoms with Crippen LogP contribution in [0.1, 0.15) is 33.1 Å². The van der Waals surface area contributed by atoms with E-state index in [2.05, 4.69) is 9.76 Å². The van der Waals surface area contributed by atoms with Gasteiger partial charge in [-0.3, -0.25) is 14.2 Å². The molecule has 0 radical (unpaired) electrons. The zero-order valence-corrected chi connectivity index (χ0v) is 13.7. The SMILES string of the molecule is CCC[C@@H](C(=O)NOC1CC1N)N(CC)C(=O)NOS(=O)(=O)O. The highest BCUT2D eigenvalue weighted by Crippen LogP contribution is 2.21. The second-order valence-corrected chi connectivity index (χ2v) is 6.05. The van der Waals surface area contributed by atoms with Gasteiger partial charge in [0.2, 0.25) is 0 Å². The van der Waals surface area contributed by atoms with Gasteiger partial charge >= 0.3 is 16.4 Å². The van der Waals surface area contributed by atoms with Gasteiger partial charge in [0.15, 0.2) is 0 Å². The summed E-state index contributed by atoms with van der Waals surface area (Å²) in [5, 5.41) is 0. The van der Waals surface area contributed by atoms with Gasteiger partial charge < -0.3 is 10.6 Å². The molecule has 0 saturated heterocycles. The van der Waals surface area contributed by atoms with E-state index in [1.54, 1.807) is 12.4 Å². The predicted octanol–water partition coefficient (Wildman–Crippen LogP) is -0.932. The van der Waals surface area contributed by atoms with Gasteiger partial charge in [-0.25, -0.2) is 10.3 Å². The number of nitrogens with zero attached hydrogens (tertiary/aromatic N) is 1. The minimum Gasteiger partial charge on any atom is -0.325 e. The van der Waals surface area contributed by atoms with Crippen molar-refractivity contribution >= 4 is 22.3 Å².